The second kappa shape index (κ2) is 8.20. The first kappa shape index (κ1) is 16.0. The van der Waals surface area contributed by atoms with E-state index >= 15 is 0 Å². The Morgan fingerprint density at radius 3 is 2.18 bits per heavy atom. The number of hydrogen-bond acceptors (Lipinski definition) is 3. The highest BCUT2D eigenvalue weighted by Crippen LogP contribution is 2.12. The summed E-state index contributed by atoms with van der Waals surface area (Å²) in [6, 6.07) is 15.3. The van der Waals surface area contributed by atoms with E-state index in [2.05, 4.69) is 5.32 Å². The smallest absolute Gasteiger partial charge is 0.224 e. The molecule has 22 heavy (non-hydrogen) atoms. The minimum absolute atomic E-state index is 0.0188. The van der Waals surface area contributed by atoms with Crippen molar-refractivity contribution in [3.05, 3.63) is 59.7 Å². The van der Waals surface area contributed by atoms with Gasteiger partial charge in [0.15, 0.2) is 0 Å². The van der Waals surface area contributed by atoms with Gasteiger partial charge in [-0.2, -0.15) is 0 Å². The molecule has 2 rings (SSSR count). The minimum atomic E-state index is 0.0188. The second-order valence-corrected chi connectivity index (χ2v) is 5.31. The Morgan fingerprint density at radius 2 is 1.55 bits per heavy atom. The molecule has 0 saturated heterocycles. The lowest BCUT2D eigenvalue weighted by Gasteiger charge is -2.06. The molecule has 0 aliphatic heterocycles. The highest BCUT2D eigenvalue weighted by atomic mass is 16.2. The number of nitrogen functional groups attached to an aromatic ring is 1. The molecule has 0 radical (unpaired) electrons. The largest absolute Gasteiger partial charge is 0.399 e. The van der Waals surface area contributed by atoms with Gasteiger partial charge in [-0.15, -0.1) is 0 Å². The molecule has 0 aliphatic rings. The molecule has 1 amide bonds. The Morgan fingerprint density at radius 1 is 0.955 bits per heavy atom. The lowest BCUT2D eigenvalue weighted by molar-refractivity contribution is -0.116. The minimum Gasteiger partial charge on any atom is -0.399 e. The van der Waals surface area contributed by atoms with E-state index in [0.29, 0.717) is 12.8 Å². The first-order chi connectivity index (χ1) is 10.7. The van der Waals surface area contributed by atoms with Gasteiger partial charge in [0, 0.05) is 24.4 Å². The van der Waals surface area contributed by atoms with E-state index < -0.39 is 0 Å². The van der Waals surface area contributed by atoms with E-state index in [-0.39, 0.29) is 12.5 Å². The number of aryl methyl sites for hydroxylation is 1. The van der Waals surface area contributed by atoms with Gasteiger partial charge in [-0.25, -0.2) is 0 Å². The number of carbonyl (C=O) groups is 1. The average Bonchev–Trinajstić information content (AvgIpc) is 2.51. The third kappa shape index (κ3) is 5.22. The van der Waals surface area contributed by atoms with Crippen LogP contribution >= 0.6 is 0 Å². The van der Waals surface area contributed by atoms with Crippen LogP contribution in [-0.2, 0) is 17.6 Å². The highest BCUT2D eigenvalue weighted by molar-refractivity contribution is 5.90. The number of anilines is 2. The van der Waals surface area contributed by atoms with E-state index in [1.54, 1.807) is 0 Å². The summed E-state index contributed by atoms with van der Waals surface area (Å²) in [6.07, 6.45) is 2.79. The summed E-state index contributed by atoms with van der Waals surface area (Å²) in [6.45, 7) is 0.136. The van der Waals surface area contributed by atoms with Crippen molar-refractivity contribution in [1.82, 2.24) is 0 Å². The first-order valence-electron chi connectivity index (χ1n) is 7.51. The molecule has 0 heterocycles. The average molecular weight is 298 g/mol. The highest BCUT2D eigenvalue weighted by Gasteiger charge is 2.03. The van der Waals surface area contributed by atoms with Crippen molar-refractivity contribution in [2.24, 2.45) is 0 Å². The molecular weight excluding hydrogens is 276 g/mol. The molecule has 4 N–H and O–H groups in total. The third-order valence-electron chi connectivity index (χ3n) is 3.49. The maximum absolute atomic E-state index is 11.9. The van der Waals surface area contributed by atoms with Gasteiger partial charge in [0.05, 0.1) is 0 Å². The van der Waals surface area contributed by atoms with Crippen LogP contribution in [0.15, 0.2) is 48.5 Å². The SMILES string of the molecule is Nc1ccc(CCCC(=O)Nc2ccc(CCO)cc2)cc1. The maximum Gasteiger partial charge on any atom is 0.224 e. The van der Waals surface area contributed by atoms with Crippen LogP contribution in [0.3, 0.4) is 0 Å². The van der Waals surface area contributed by atoms with E-state index in [0.717, 1.165) is 29.8 Å². The fourth-order valence-electron chi connectivity index (χ4n) is 2.24. The fraction of sp³-hybridized carbons (Fsp3) is 0.278. The number of hydrogen-bond donors (Lipinski definition) is 3. The number of nitrogens with one attached hydrogen (secondary N) is 1. The quantitative estimate of drug-likeness (QED) is 0.688. The Hall–Kier alpha value is -2.33. The van der Waals surface area contributed by atoms with Gasteiger partial charge < -0.3 is 16.2 Å². The second-order valence-electron chi connectivity index (χ2n) is 5.31. The van der Waals surface area contributed by atoms with Gasteiger partial charge in [0.1, 0.15) is 0 Å². The topological polar surface area (TPSA) is 75.4 Å². The molecule has 4 nitrogen and oxygen atoms in total. The number of amides is 1. The van der Waals surface area contributed by atoms with Crippen LogP contribution in [0.2, 0.25) is 0 Å². The lowest BCUT2D eigenvalue weighted by atomic mass is 10.1. The zero-order chi connectivity index (χ0) is 15.8. The molecule has 0 spiro atoms. The van der Waals surface area contributed by atoms with Gasteiger partial charge in [-0.1, -0.05) is 24.3 Å². The Kier molecular flexibility index (Phi) is 5.98. The molecule has 0 aromatic heterocycles. The van der Waals surface area contributed by atoms with E-state index in [1.807, 2.05) is 48.5 Å². The standard InChI is InChI=1S/C18H22N2O2/c19-16-8-4-14(5-9-16)2-1-3-18(22)20-17-10-6-15(7-11-17)12-13-21/h4-11,21H,1-3,12-13,19H2,(H,20,22). The van der Waals surface area contributed by atoms with Crippen LogP contribution in [0.4, 0.5) is 11.4 Å². The number of aliphatic hydroxyl groups is 1. The molecule has 0 saturated carbocycles. The van der Waals surface area contributed by atoms with Crippen molar-refractivity contribution >= 4 is 17.3 Å². The van der Waals surface area contributed by atoms with Crippen LogP contribution in [0, 0.1) is 0 Å². The zero-order valence-electron chi connectivity index (χ0n) is 12.6. The summed E-state index contributed by atoms with van der Waals surface area (Å²) in [5.41, 5.74) is 9.44. The summed E-state index contributed by atoms with van der Waals surface area (Å²) >= 11 is 0. The van der Waals surface area contributed by atoms with Crippen LogP contribution in [0.25, 0.3) is 0 Å². The van der Waals surface area contributed by atoms with Gasteiger partial charge in [-0.05, 0) is 54.7 Å². The van der Waals surface area contributed by atoms with Gasteiger partial charge in [-0.3, -0.25) is 4.79 Å². The van der Waals surface area contributed by atoms with Crippen LogP contribution < -0.4 is 11.1 Å². The predicted molar refractivity (Wildman–Crippen MR) is 89.7 cm³/mol. The number of aliphatic hydroxyl groups excluding tert-OH is 1. The summed E-state index contributed by atoms with van der Waals surface area (Å²) in [5, 5.41) is 11.7. The Labute approximate surface area is 131 Å². The summed E-state index contributed by atoms with van der Waals surface area (Å²) < 4.78 is 0. The van der Waals surface area contributed by atoms with Gasteiger partial charge in [0.25, 0.3) is 0 Å². The van der Waals surface area contributed by atoms with Crippen molar-refractivity contribution in [2.75, 3.05) is 17.7 Å². The molecule has 2 aromatic carbocycles. The molecule has 116 valence electrons. The molecule has 4 heteroatoms. The van der Waals surface area contributed by atoms with Crippen molar-refractivity contribution in [3.8, 4) is 0 Å². The molecule has 0 bridgehead atoms. The molecule has 2 aromatic rings. The van der Waals surface area contributed by atoms with Crippen molar-refractivity contribution in [3.63, 3.8) is 0 Å². The van der Waals surface area contributed by atoms with Gasteiger partial charge >= 0.3 is 0 Å². The monoisotopic (exact) mass is 298 g/mol. The maximum atomic E-state index is 11.9. The van der Waals surface area contributed by atoms with Crippen molar-refractivity contribution < 1.29 is 9.90 Å². The number of carbonyl (C=O) groups excluding carboxylic acids is 1. The Bertz CT molecular complexity index is 591. The van der Waals surface area contributed by atoms with E-state index in [9.17, 15) is 4.79 Å². The zero-order valence-corrected chi connectivity index (χ0v) is 12.6. The molecular formula is C18H22N2O2. The van der Waals surface area contributed by atoms with Crippen LogP contribution in [0.5, 0.6) is 0 Å². The van der Waals surface area contributed by atoms with E-state index in [4.69, 9.17) is 10.8 Å². The summed E-state index contributed by atoms with van der Waals surface area (Å²) in [7, 11) is 0. The third-order valence-corrected chi connectivity index (χ3v) is 3.49. The predicted octanol–water partition coefficient (Wildman–Crippen LogP) is 2.77. The normalized spacial score (nSPS) is 10.4. The fourth-order valence-corrected chi connectivity index (χ4v) is 2.24. The molecule has 0 fully saturated rings. The summed E-state index contributed by atoms with van der Waals surface area (Å²) in [4.78, 5) is 11.9. The number of benzene rings is 2. The Balaban J connectivity index is 1.74. The lowest BCUT2D eigenvalue weighted by Crippen LogP contribution is -2.11. The van der Waals surface area contributed by atoms with Crippen LogP contribution in [-0.4, -0.2) is 17.6 Å². The van der Waals surface area contributed by atoms with Crippen LogP contribution in [0.1, 0.15) is 24.0 Å². The summed E-state index contributed by atoms with van der Waals surface area (Å²) in [5.74, 6) is 0.0188. The van der Waals surface area contributed by atoms with Crippen molar-refractivity contribution in [2.45, 2.75) is 25.7 Å². The first-order valence-corrected chi connectivity index (χ1v) is 7.51. The van der Waals surface area contributed by atoms with Gasteiger partial charge in [0.2, 0.25) is 5.91 Å². The number of nitrogens with two attached hydrogens (primary N) is 1. The molecule has 0 unspecified atom stereocenters. The molecule has 0 atom stereocenters. The number of rotatable bonds is 7. The van der Waals surface area contributed by atoms with Crippen molar-refractivity contribution in [1.29, 1.82) is 0 Å². The van der Waals surface area contributed by atoms with E-state index in [1.165, 1.54) is 5.56 Å². The molecule has 0 aliphatic carbocycles.